The molecule has 1 aliphatic rings. The van der Waals surface area contributed by atoms with Gasteiger partial charge < -0.3 is 14.9 Å². The molecule has 0 spiro atoms. The van der Waals surface area contributed by atoms with Crippen LogP contribution < -0.4 is 0 Å². The molecular weight excluding hydrogens is 300 g/mol. The van der Waals surface area contributed by atoms with Crippen LogP contribution in [0.3, 0.4) is 0 Å². The Labute approximate surface area is 126 Å². The van der Waals surface area contributed by atoms with Crippen molar-refractivity contribution in [3.63, 3.8) is 0 Å². The number of nitrogens with zero attached hydrogens (tertiary/aromatic N) is 2. The quantitative estimate of drug-likeness (QED) is 0.878. The summed E-state index contributed by atoms with van der Waals surface area (Å²) in [5.41, 5.74) is 0. The highest BCUT2D eigenvalue weighted by atomic mass is 35.5. The summed E-state index contributed by atoms with van der Waals surface area (Å²) in [6, 6.07) is 3.42. The van der Waals surface area contributed by atoms with E-state index in [1.807, 2.05) is 6.07 Å². The third kappa shape index (κ3) is 4.38. The molecule has 1 fully saturated rings. The van der Waals surface area contributed by atoms with E-state index in [-0.39, 0.29) is 12.6 Å². The molecule has 1 aromatic rings. The number of carbonyl (C=O) groups is 2. The Kier molecular flexibility index (Phi) is 4.88. The van der Waals surface area contributed by atoms with E-state index in [4.69, 9.17) is 16.7 Å². The van der Waals surface area contributed by atoms with Crippen LogP contribution in [0.15, 0.2) is 12.1 Å². The van der Waals surface area contributed by atoms with Crippen LogP contribution in [0, 0.1) is 5.92 Å². The third-order valence-corrected chi connectivity index (χ3v) is 4.34. The Balaban J connectivity index is 1.95. The zero-order valence-electron chi connectivity index (χ0n) is 11.2. The molecule has 1 saturated carbocycles. The fourth-order valence-corrected chi connectivity index (χ4v) is 3.11. The van der Waals surface area contributed by atoms with E-state index in [9.17, 15) is 9.59 Å². The fourth-order valence-electron chi connectivity index (χ4n) is 1.97. The maximum atomic E-state index is 12.3. The highest BCUT2D eigenvalue weighted by Gasteiger charge is 2.29. The molecule has 1 aliphatic carbocycles. The van der Waals surface area contributed by atoms with Gasteiger partial charge in [-0.2, -0.15) is 0 Å². The molecule has 1 N–H and O–H groups in total. The van der Waals surface area contributed by atoms with Gasteiger partial charge in [-0.05, 0) is 30.9 Å². The summed E-state index contributed by atoms with van der Waals surface area (Å²) in [4.78, 5) is 27.1. The summed E-state index contributed by atoms with van der Waals surface area (Å²) >= 11 is 7.28. The van der Waals surface area contributed by atoms with Gasteiger partial charge in [0.1, 0.15) is 6.54 Å². The lowest BCUT2D eigenvalue weighted by molar-refractivity contribution is -0.137. The zero-order chi connectivity index (χ0) is 14.7. The molecule has 110 valence electrons. The summed E-state index contributed by atoms with van der Waals surface area (Å²) in [6.45, 7) is 0.725. The smallest absolute Gasteiger partial charge is 0.323 e. The fraction of sp³-hybridized carbons (Fsp3) is 0.538. The predicted molar refractivity (Wildman–Crippen MR) is 78.1 cm³/mol. The number of urea groups is 1. The van der Waals surface area contributed by atoms with Gasteiger partial charge in [0.15, 0.2) is 0 Å². The van der Waals surface area contributed by atoms with Gasteiger partial charge >= 0.3 is 12.0 Å². The van der Waals surface area contributed by atoms with Crippen molar-refractivity contribution >= 4 is 34.9 Å². The predicted octanol–water partition coefficient (Wildman–Crippen LogP) is 2.75. The summed E-state index contributed by atoms with van der Waals surface area (Å²) < 4.78 is 0.682. The Bertz CT molecular complexity index is 502. The van der Waals surface area contributed by atoms with Crippen molar-refractivity contribution in [1.29, 1.82) is 0 Å². The van der Waals surface area contributed by atoms with E-state index in [1.165, 1.54) is 21.1 Å². The maximum absolute atomic E-state index is 12.3. The molecule has 1 heterocycles. The Hall–Kier alpha value is -1.27. The van der Waals surface area contributed by atoms with E-state index in [1.54, 1.807) is 13.1 Å². The lowest BCUT2D eigenvalue weighted by Crippen LogP contribution is -2.44. The molecule has 0 bridgehead atoms. The number of rotatable bonds is 6. The second-order valence-electron chi connectivity index (χ2n) is 5.06. The largest absolute Gasteiger partial charge is 0.480 e. The summed E-state index contributed by atoms with van der Waals surface area (Å²) in [5, 5.41) is 8.91. The topological polar surface area (TPSA) is 60.9 Å². The molecule has 2 rings (SSSR count). The molecule has 0 saturated heterocycles. The van der Waals surface area contributed by atoms with Crippen molar-refractivity contribution in [2.45, 2.75) is 19.4 Å². The number of carboxylic acid groups (broad SMARTS) is 1. The van der Waals surface area contributed by atoms with Crippen LogP contribution in [0.4, 0.5) is 4.79 Å². The lowest BCUT2D eigenvalue weighted by atomic mass is 10.3. The number of aliphatic carboxylic acids is 1. The van der Waals surface area contributed by atoms with Gasteiger partial charge in [0.25, 0.3) is 0 Å². The molecule has 7 heteroatoms. The first-order valence-electron chi connectivity index (χ1n) is 6.41. The van der Waals surface area contributed by atoms with E-state index >= 15 is 0 Å². The average molecular weight is 317 g/mol. The van der Waals surface area contributed by atoms with Gasteiger partial charge in [-0.15, -0.1) is 11.3 Å². The molecule has 0 unspecified atom stereocenters. The minimum Gasteiger partial charge on any atom is -0.480 e. The van der Waals surface area contributed by atoms with Gasteiger partial charge in [-0.1, -0.05) is 11.6 Å². The Morgan fingerprint density at radius 2 is 2.15 bits per heavy atom. The summed E-state index contributed by atoms with van der Waals surface area (Å²) in [7, 11) is 1.68. The molecular formula is C13H17ClN2O3S. The Morgan fingerprint density at radius 3 is 2.65 bits per heavy atom. The van der Waals surface area contributed by atoms with Crippen LogP contribution in [-0.4, -0.2) is 47.0 Å². The van der Waals surface area contributed by atoms with Crippen molar-refractivity contribution in [3.05, 3.63) is 21.3 Å². The molecule has 5 nitrogen and oxygen atoms in total. The van der Waals surface area contributed by atoms with Gasteiger partial charge in [0.05, 0.1) is 10.9 Å². The third-order valence-electron chi connectivity index (χ3n) is 3.12. The minimum atomic E-state index is -0.980. The summed E-state index contributed by atoms with van der Waals surface area (Å²) in [5.74, 6) is -0.519. The van der Waals surface area contributed by atoms with E-state index < -0.39 is 5.97 Å². The molecule has 0 radical (unpaired) electrons. The molecule has 0 aromatic carbocycles. The van der Waals surface area contributed by atoms with Crippen LogP contribution in [0.5, 0.6) is 0 Å². The average Bonchev–Trinajstić information content (AvgIpc) is 3.09. The van der Waals surface area contributed by atoms with Crippen molar-refractivity contribution in [2.75, 3.05) is 20.1 Å². The first kappa shape index (κ1) is 15.1. The molecule has 0 aliphatic heterocycles. The van der Waals surface area contributed by atoms with Gasteiger partial charge in [-0.3, -0.25) is 4.79 Å². The highest BCUT2D eigenvalue weighted by Crippen LogP contribution is 2.30. The number of halogens is 1. The summed E-state index contributed by atoms with van der Waals surface area (Å²) in [6.07, 6.45) is 2.15. The molecule has 1 aromatic heterocycles. The van der Waals surface area contributed by atoms with Gasteiger partial charge in [0.2, 0.25) is 0 Å². The highest BCUT2D eigenvalue weighted by molar-refractivity contribution is 7.16. The van der Waals surface area contributed by atoms with Crippen LogP contribution in [0.2, 0.25) is 4.34 Å². The van der Waals surface area contributed by atoms with E-state index in [0.717, 1.165) is 17.7 Å². The van der Waals surface area contributed by atoms with Gasteiger partial charge in [-0.25, -0.2) is 4.79 Å². The van der Waals surface area contributed by atoms with E-state index in [0.29, 0.717) is 23.3 Å². The minimum absolute atomic E-state index is 0.245. The SMILES string of the molecule is CN(Cc1ccc(Cl)s1)C(=O)N(CC(=O)O)CC1CC1. The van der Waals surface area contributed by atoms with Crippen LogP contribution in [0.1, 0.15) is 17.7 Å². The number of amides is 2. The standard InChI is InChI=1S/C13H17ClN2O3S/c1-15(7-10-4-5-11(14)20-10)13(19)16(8-12(17)18)6-9-2-3-9/h4-5,9H,2-3,6-8H2,1H3,(H,17,18). The number of thiophene rings is 1. The van der Waals surface area contributed by atoms with Crippen molar-refractivity contribution in [2.24, 2.45) is 5.92 Å². The lowest BCUT2D eigenvalue weighted by Gasteiger charge is -2.26. The van der Waals surface area contributed by atoms with Crippen molar-refractivity contribution in [1.82, 2.24) is 9.80 Å². The second-order valence-corrected chi connectivity index (χ2v) is 6.86. The number of carboxylic acids is 1. The van der Waals surface area contributed by atoms with Gasteiger partial charge in [0, 0.05) is 18.5 Å². The monoisotopic (exact) mass is 316 g/mol. The maximum Gasteiger partial charge on any atom is 0.323 e. The first-order chi connectivity index (χ1) is 9.45. The normalized spacial score (nSPS) is 14.1. The van der Waals surface area contributed by atoms with Crippen molar-refractivity contribution < 1.29 is 14.7 Å². The second kappa shape index (κ2) is 6.45. The molecule has 20 heavy (non-hydrogen) atoms. The van der Waals surface area contributed by atoms with E-state index in [2.05, 4.69) is 0 Å². The van der Waals surface area contributed by atoms with Crippen LogP contribution >= 0.6 is 22.9 Å². The van der Waals surface area contributed by atoms with Crippen LogP contribution in [-0.2, 0) is 11.3 Å². The zero-order valence-corrected chi connectivity index (χ0v) is 12.8. The first-order valence-corrected chi connectivity index (χ1v) is 7.61. The Morgan fingerprint density at radius 1 is 1.45 bits per heavy atom. The number of hydrogen-bond acceptors (Lipinski definition) is 3. The van der Waals surface area contributed by atoms with Crippen molar-refractivity contribution in [3.8, 4) is 0 Å². The van der Waals surface area contributed by atoms with Crippen LogP contribution in [0.25, 0.3) is 0 Å². The molecule has 0 atom stereocenters. The number of carbonyl (C=O) groups excluding carboxylic acids is 1. The molecule has 2 amide bonds. The number of hydrogen-bond donors (Lipinski definition) is 1.